The Hall–Kier alpha value is -2.54. The van der Waals surface area contributed by atoms with Crippen molar-refractivity contribution in [2.24, 2.45) is 5.92 Å². The minimum atomic E-state index is -0.381. The van der Waals surface area contributed by atoms with E-state index in [0.29, 0.717) is 12.8 Å². The number of amides is 1. The van der Waals surface area contributed by atoms with E-state index in [1.54, 1.807) is 6.20 Å². The van der Waals surface area contributed by atoms with Crippen molar-refractivity contribution < 1.29 is 9.90 Å². The van der Waals surface area contributed by atoms with Gasteiger partial charge in [-0.05, 0) is 30.9 Å². The summed E-state index contributed by atoms with van der Waals surface area (Å²) in [6.45, 7) is 0. The van der Waals surface area contributed by atoms with Crippen molar-refractivity contribution >= 4 is 5.91 Å². The number of rotatable bonds is 4. The first-order valence-corrected chi connectivity index (χ1v) is 7.08. The van der Waals surface area contributed by atoms with Crippen molar-refractivity contribution in [3.63, 3.8) is 0 Å². The molecule has 0 saturated heterocycles. The summed E-state index contributed by atoms with van der Waals surface area (Å²) >= 11 is 0. The summed E-state index contributed by atoms with van der Waals surface area (Å²) in [6.07, 6.45) is 4.95. The first kappa shape index (κ1) is 14.4. The second-order valence-electron chi connectivity index (χ2n) is 5.39. The van der Waals surface area contributed by atoms with Crippen LogP contribution in [0.2, 0.25) is 0 Å². The lowest BCUT2D eigenvalue weighted by Gasteiger charge is -2.37. The number of pyridine rings is 1. The second-order valence-corrected chi connectivity index (χ2v) is 5.39. The van der Waals surface area contributed by atoms with Gasteiger partial charge in [-0.1, -0.05) is 6.07 Å². The number of aliphatic hydroxyl groups is 1. The average molecular weight is 300 g/mol. The molecule has 1 amide bonds. The van der Waals surface area contributed by atoms with Gasteiger partial charge in [0.15, 0.2) is 0 Å². The monoisotopic (exact) mass is 300 g/mol. The predicted octanol–water partition coefficient (Wildman–Crippen LogP) is 0.407. The minimum Gasteiger partial charge on any atom is -0.393 e. The number of aliphatic hydroxyl groups excluding tert-OH is 1. The molecular formula is C15H16N4O3. The van der Waals surface area contributed by atoms with Gasteiger partial charge in [0, 0.05) is 12.4 Å². The Bertz CT molecular complexity index is 690. The smallest absolute Gasteiger partial charge is 0.271 e. The van der Waals surface area contributed by atoms with Crippen LogP contribution in [0.4, 0.5) is 0 Å². The van der Waals surface area contributed by atoms with Gasteiger partial charge in [-0.25, -0.2) is 4.98 Å². The van der Waals surface area contributed by atoms with E-state index in [0.717, 1.165) is 11.9 Å². The molecule has 3 rings (SSSR count). The molecule has 1 atom stereocenters. The summed E-state index contributed by atoms with van der Waals surface area (Å²) < 4.78 is 0. The lowest BCUT2D eigenvalue weighted by molar-refractivity contribution is 0.0227. The van der Waals surface area contributed by atoms with Gasteiger partial charge in [-0.3, -0.25) is 14.6 Å². The second kappa shape index (κ2) is 6.07. The number of aromatic nitrogens is 3. The van der Waals surface area contributed by atoms with E-state index < -0.39 is 0 Å². The number of carbonyl (C=O) groups is 1. The van der Waals surface area contributed by atoms with Crippen molar-refractivity contribution in [2.75, 3.05) is 0 Å². The minimum absolute atomic E-state index is 0.136. The fourth-order valence-corrected chi connectivity index (χ4v) is 2.58. The van der Waals surface area contributed by atoms with Crippen LogP contribution in [-0.4, -0.2) is 32.1 Å². The van der Waals surface area contributed by atoms with Gasteiger partial charge in [-0.2, -0.15) is 0 Å². The molecule has 1 fully saturated rings. The molecule has 0 aromatic carbocycles. The van der Waals surface area contributed by atoms with E-state index in [2.05, 4.69) is 20.3 Å². The van der Waals surface area contributed by atoms with E-state index in [4.69, 9.17) is 0 Å². The van der Waals surface area contributed by atoms with Crippen LogP contribution in [0.25, 0.3) is 0 Å². The number of hydrogen-bond acceptors (Lipinski definition) is 5. The van der Waals surface area contributed by atoms with Gasteiger partial charge >= 0.3 is 0 Å². The highest BCUT2D eigenvalue weighted by Gasteiger charge is 2.36. The Balaban J connectivity index is 1.79. The molecular weight excluding hydrogens is 284 g/mol. The molecule has 0 aliphatic heterocycles. The first-order chi connectivity index (χ1) is 10.6. The molecule has 1 saturated carbocycles. The Morgan fingerprint density at radius 1 is 1.36 bits per heavy atom. The maximum atomic E-state index is 12.3. The normalized spacial score (nSPS) is 21.7. The van der Waals surface area contributed by atoms with Crippen LogP contribution in [0.1, 0.15) is 35.1 Å². The number of hydrogen-bond donors (Lipinski definition) is 3. The fraction of sp³-hybridized carbons (Fsp3) is 0.333. The maximum absolute atomic E-state index is 12.3. The van der Waals surface area contributed by atoms with Gasteiger partial charge in [0.05, 0.1) is 24.0 Å². The SMILES string of the molecule is O=C(N[C@@H](c1ccccn1)C1CC(O)C1)c1c[nH]c(=O)cn1. The molecule has 22 heavy (non-hydrogen) atoms. The molecule has 1 aliphatic rings. The summed E-state index contributed by atoms with van der Waals surface area (Å²) in [5.41, 5.74) is 0.525. The van der Waals surface area contributed by atoms with Crippen LogP contribution < -0.4 is 10.9 Å². The van der Waals surface area contributed by atoms with Crippen molar-refractivity contribution in [2.45, 2.75) is 25.0 Å². The highest BCUT2D eigenvalue weighted by atomic mass is 16.3. The van der Waals surface area contributed by atoms with E-state index >= 15 is 0 Å². The molecule has 7 heteroatoms. The van der Waals surface area contributed by atoms with Gasteiger partial charge < -0.3 is 15.4 Å². The molecule has 114 valence electrons. The highest BCUT2D eigenvalue weighted by Crippen LogP contribution is 2.37. The summed E-state index contributed by atoms with van der Waals surface area (Å²) in [4.78, 5) is 33.8. The lowest BCUT2D eigenvalue weighted by Crippen LogP contribution is -2.42. The van der Waals surface area contributed by atoms with Gasteiger partial charge in [0.2, 0.25) is 0 Å². The molecule has 0 bridgehead atoms. The van der Waals surface area contributed by atoms with E-state index in [9.17, 15) is 14.7 Å². The number of carbonyl (C=O) groups excluding carboxylic acids is 1. The highest BCUT2D eigenvalue weighted by molar-refractivity contribution is 5.92. The van der Waals surface area contributed by atoms with Crippen LogP contribution in [0.3, 0.4) is 0 Å². The summed E-state index contributed by atoms with van der Waals surface area (Å²) in [7, 11) is 0. The van der Waals surface area contributed by atoms with Gasteiger partial charge in [0.1, 0.15) is 5.69 Å². The van der Waals surface area contributed by atoms with Crippen molar-refractivity contribution in [3.05, 3.63) is 58.5 Å². The van der Waals surface area contributed by atoms with Crippen molar-refractivity contribution in [1.29, 1.82) is 0 Å². The van der Waals surface area contributed by atoms with Crippen LogP contribution in [0.15, 0.2) is 41.6 Å². The Kier molecular flexibility index (Phi) is 3.97. The van der Waals surface area contributed by atoms with Crippen LogP contribution in [0.5, 0.6) is 0 Å². The molecule has 0 spiro atoms. The molecule has 3 N–H and O–H groups in total. The molecule has 2 aromatic rings. The van der Waals surface area contributed by atoms with Gasteiger partial charge in [-0.15, -0.1) is 0 Å². The molecule has 2 aromatic heterocycles. The molecule has 1 aliphatic carbocycles. The summed E-state index contributed by atoms with van der Waals surface area (Å²) in [5, 5.41) is 12.4. The van der Waals surface area contributed by atoms with Gasteiger partial charge in [0.25, 0.3) is 11.5 Å². The number of nitrogens with one attached hydrogen (secondary N) is 2. The Morgan fingerprint density at radius 3 is 2.77 bits per heavy atom. The zero-order chi connectivity index (χ0) is 15.5. The van der Waals surface area contributed by atoms with Crippen LogP contribution in [-0.2, 0) is 0 Å². The summed E-state index contributed by atoms with van der Waals surface area (Å²) in [5.74, 6) is -0.245. The Labute approximate surface area is 126 Å². The largest absolute Gasteiger partial charge is 0.393 e. The van der Waals surface area contributed by atoms with Crippen molar-refractivity contribution in [1.82, 2.24) is 20.3 Å². The molecule has 0 unspecified atom stereocenters. The third-order valence-electron chi connectivity index (χ3n) is 3.82. The molecule has 0 radical (unpaired) electrons. The quantitative estimate of drug-likeness (QED) is 0.758. The van der Waals surface area contributed by atoms with E-state index in [1.165, 1.54) is 6.20 Å². The predicted molar refractivity (Wildman–Crippen MR) is 78.0 cm³/mol. The summed E-state index contributed by atoms with van der Waals surface area (Å²) in [6, 6.07) is 5.22. The zero-order valence-corrected chi connectivity index (χ0v) is 11.8. The number of H-pyrrole nitrogens is 1. The maximum Gasteiger partial charge on any atom is 0.271 e. The number of nitrogens with zero attached hydrogens (tertiary/aromatic N) is 2. The Morgan fingerprint density at radius 2 is 2.18 bits per heavy atom. The molecule has 2 heterocycles. The topological polar surface area (TPSA) is 108 Å². The van der Waals surface area contributed by atoms with Crippen molar-refractivity contribution in [3.8, 4) is 0 Å². The zero-order valence-electron chi connectivity index (χ0n) is 11.8. The molecule has 7 nitrogen and oxygen atoms in total. The fourth-order valence-electron chi connectivity index (χ4n) is 2.58. The number of aromatic amines is 1. The standard InChI is InChI=1S/C15H16N4O3/c20-10-5-9(6-10)14(11-3-1-2-4-16-11)19-15(22)12-7-18-13(21)8-17-12/h1-4,7-10,14,20H,5-6H2,(H,18,21)(H,19,22)/t9?,10?,14-/m1/s1. The first-order valence-electron chi connectivity index (χ1n) is 7.08. The van der Waals surface area contributed by atoms with E-state index in [1.807, 2.05) is 18.2 Å². The third kappa shape index (κ3) is 3.04. The van der Waals surface area contributed by atoms with Crippen LogP contribution in [0, 0.1) is 5.92 Å². The average Bonchev–Trinajstić information content (AvgIpc) is 2.51. The van der Waals surface area contributed by atoms with E-state index in [-0.39, 0.29) is 35.2 Å². The third-order valence-corrected chi connectivity index (χ3v) is 3.82. The van der Waals surface area contributed by atoms with Crippen LogP contribution >= 0.6 is 0 Å². The lowest BCUT2D eigenvalue weighted by atomic mass is 9.76.